The summed E-state index contributed by atoms with van der Waals surface area (Å²) in [6.45, 7) is 6.14. The molecule has 0 aliphatic rings. The third kappa shape index (κ3) is 3.84. The molecule has 1 aromatic rings. The number of carbonyl (C=O) groups excluding carboxylic acids is 1. The Morgan fingerprint density at radius 3 is 2.59 bits per heavy atom. The summed E-state index contributed by atoms with van der Waals surface area (Å²) in [5.74, 6) is 0.153. The first kappa shape index (κ1) is 14.2. The number of likely N-dealkylation sites (N-methyl/N-ethyl adjacent to an activating group) is 1. The molecular weight excluding hydrogens is 278 g/mol. The van der Waals surface area contributed by atoms with Gasteiger partial charge in [-0.15, -0.1) is 0 Å². The maximum Gasteiger partial charge on any atom is 0.227 e. The zero-order valence-corrected chi connectivity index (χ0v) is 12.5. The van der Waals surface area contributed by atoms with Crippen molar-refractivity contribution in [2.45, 2.75) is 32.7 Å². The maximum absolute atomic E-state index is 12.1. The number of benzene rings is 1. The van der Waals surface area contributed by atoms with Crippen LogP contribution in [0.25, 0.3) is 0 Å². The third-order valence-corrected chi connectivity index (χ3v) is 4.42. The van der Waals surface area contributed by atoms with Gasteiger partial charge in [0, 0.05) is 17.9 Å². The highest BCUT2D eigenvalue weighted by atomic mass is 79.9. The van der Waals surface area contributed by atoms with Gasteiger partial charge in [-0.25, -0.2) is 0 Å². The van der Waals surface area contributed by atoms with Crippen LogP contribution in [0.15, 0.2) is 24.3 Å². The molecule has 94 valence electrons. The average Bonchev–Trinajstić information content (AvgIpc) is 2.28. The highest BCUT2D eigenvalue weighted by Crippen LogP contribution is 2.17. The highest BCUT2D eigenvalue weighted by Gasteiger charge is 2.26. The van der Waals surface area contributed by atoms with Crippen molar-refractivity contribution in [3.05, 3.63) is 35.4 Å². The fourth-order valence-corrected chi connectivity index (χ4v) is 1.92. The summed E-state index contributed by atoms with van der Waals surface area (Å²) in [4.78, 5) is 13.9. The van der Waals surface area contributed by atoms with Gasteiger partial charge in [-0.05, 0) is 26.3 Å². The molecule has 1 rings (SSSR count). The molecule has 0 aromatic heterocycles. The van der Waals surface area contributed by atoms with Gasteiger partial charge in [-0.1, -0.05) is 45.8 Å². The summed E-state index contributed by atoms with van der Waals surface area (Å²) in [5, 5.41) is 0.774. The number of nitrogens with zero attached hydrogens (tertiary/aromatic N) is 1. The van der Waals surface area contributed by atoms with Gasteiger partial charge in [0.2, 0.25) is 5.91 Å². The van der Waals surface area contributed by atoms with Crippen LogP contribution in [0.4, 0.5) is 0 Å². The Balaban J connectivity index is 2.73. The second-order valence-corrected chi connectivity index (χ2v) is 5.63. The third-order valence-electron chi connectivity index (χ3n) is 3.05. The lowest BCUT2D eigenvalue weighted by molar-refractivity contribution is -0.133. The SMILES string of the molecule is Cc1cccc(CC(=O)N(C)C(C)(C)CBr)c1. The number of hydrogen-bond acceptors (Lipinski definition) is 1. The summed E-state index contributed by atoms with van der Waals surface area (Å²) in [6.07, 6.45) is 0.467. The lowest BCUT2D eigenvalue weighted by Gasteiger charge is -2.34. The average molecular weight is 298 g/mol. The van der Waals surface area contributed by atoms with E-state index in [0.29, 0.717) is 6.42 Å². The van der Waals surface area contributed by atoms with E-state index in [1.807, 2.05) is 37.1 Å². The lowest BCUT2D eigenvalue weighted by atomic mass is 10.0. The van der Waals surface area contributed by atoms with Crippen LogP contribution in [-0.2, 0) is 11.2 Å². The van der Waals surface area contributed by atoms with Crippen LogP contribution in [0.2, 0.25) is 0 Å². The normalized spacial score (nSPS) is 11.4. The van der Waals surface area contributed by atoms with E-state index in [-0.39, 0.29) is 11.4 Å². The minimum Gasteiger partial charge on any atom is -0.340 e. The van der Waals surface area contributed by atoms with Crippen molar-refractivity contribution in [2.24, 2.45) is 0 Å². The van der Waals surface area contributed by atoms with Crippen molar-refractivity contribution in [1.29, 1.82) is 0 Å². The number of rotatable bonds is 4. The fourth-order valence-electron chi connectivity index (χ4n) is 1.54. The number of alkyl halides is 1. The van der Waals surface area contributed by atoms with Crippen LogP contribution >= 0.6 is 15.9 Å². The molecule has 0 spiro atoms. The first-order chi connectivity index (χ1) is 7.86. The molecule has 3 heteroatoms. The van der Waals surface area contributed by atoms with Gasteiger partial charge >= 0.3 is 0 Å². The first-order valence-corrected chi connectivity index (χ1v) is 6.87. The number of aryl methyl sites for hydroxylation is 1. The molecule has 0 fully saturated rings. The molecular formula is C14H20BrNO. The van der Waals surface area contributed by atoms with Crippen molar-refractivity contribution in [1.82, 2.24) is 4.90 Å². The quantitative estimate of drug-likeness (QED) is 0.782. The van der Waals surface area contributed by atoms with Crippen molar-refractivity contribution < 1.29 is 4.79 Å². The Kier molecular flexibility index (Phi) is 4.75. The van der Waals surface area contributed by atoms with E-state index in [1.165, 1.54) is 5.56 Å². The molecule has 0 heterocycles. The molecule has 0 unspecified atom stereocenters. The van der Waals surface area contributed by atoms with Crippen molar-refractivity contribution in [3.8, 4) is 0 Å². The molecule has 0 bridgehead atoms. The Hall–Kier alpha value is -0.830. The minimum atomic E-state index is -0.152. The second-order valence-electron chi connectivity index (χ2n) is 5.06. The van der Waals surface area contributed by atoms with Gasteiger partial charge in [0.15, 0.2) is 0 Å². The highest BCUT2D eigenvalue weighted by molar-refractivity contribution is 9.09. The fraction of sp³-hybridized carbons (Fsp3) is 0.500. The van der Waals surface area contributed by atoms with E-state index in [1.54, 1.807) is 0 Å². The molecule has 0 saturated heterocycles. The standard InChI is InChI=1S/C14H20BrNO/c1-11-6-5-7-12(8-11)9-13(17)16(4)14(2,3)10-15/h5-8H,9-10H2,1-4H3. The molecule has 2 nitrogen and oxygen atoms in total. The monoisotopic (exact) mass is 297 g/mol. The van der Waals surface area contributed by atoms with Crippen LogP contribution in [0.3, 0.4) is 0 Å². The lowest BCUT2D eigenvalue weighted by Crippen LogP contribution is -2.46. The van der Waals surface area contributed by atoms with E-state index in [0.717, 1.165) is 10.9 Å². The molecule has 0 aliphatic heterocycles. The molecule has 1 aromatic carbocycles. The molecule has 17 heavy (non-hydrogen) atoms. The van der Waals surface area contributed by atoms with E-state index in [4.69, 9.17) is 0 Å². The summed E-state index contributed by atoms with van der Waals surface area (Å²) in [6, 6.07) is 8.10. The van der Waals surface area contributed by atoms with Crippen LogP contribution in [0.1, 0.15) is 25.0 Å². The number of carbonyl (C=O) groups is 1. The minimum absolute atomic E-state index is 0.152. The Morgan fingerprint density at radius 2 is 2.06 bits per heavy atom. The van der Waals surface area contributed by atoms with E-state index >= 15 is 0 Å². The summed E-state index contributed by atoms with van der Waals surface area (Å²) >= 11 is 3.44. The van der Waals surface area contributed by atoms with Gasteiger partial charge in [-0.3, -0.25) is 4.79 Å². The smallest absolute Gasteiger partial charge is 0.227 e. The zero-order chi connectivity index (χ0) is 13.1. The van der Waals surface area contributed by atoms with Crippen LogP contribution in [0.5, 0.6) is 0 Å². The van der Waals surface area contributed by atoms with Crippen molar-refractivity contribution in [2.75, 3.05) is 12.4 Å². The van der Waals surface area contributed by atoms with E-state index in [2.05, 4.69) is 35.8 Å². The largest absolute Gasteiger partial charge is 0.340 e. The summed E-state index contributed by atoms with van der Waals surface area (Å²) < 4.78 is 0. The topological polar surface area (TPSA) is 20.3 Å². The molecule has 0 N–H and O–H groups in total. The second kappa shape index (κ2) is 5.67. The van der Waals surface area contributed by atoms with E-state index < -0.39 is 0 Å². The Bertz CT molecular complexity index is 401. The zero-order valence-electron chi connectivity index (χ0n) is 11.0. The molecule has 1 amide bonds. The Labute approximate surface area is 112 Å². The number of hydrogen-bond donors (Lipinski definition) is 0. The van der Waals surface area contributed by atoms with Gasteiger partial charge < -0.3 is 4.90 Å². The molecule has 0 aliphatic carbocycles. The summed E-state index contributed by atoms with van der Waals surface area (Å²) in [7, 11) is 1.86. The predicted molar refractivity (Wildman–Crippen MR) is 75.5 cm³/mol. The van der Waals surface area contributed by atoms with Crippen LogP contribution in [0, 0.1) is 6.92 Å². The van der Waals surface area contributed by atoms with Crippen LogP contribution < -0.4 is 0 Å². The van der Waals surface area contributed by atoms with Gasteiger partial charge in [-0.2, -0.15) is 0 Å². The number of amides is 1. The molecule has 0 atom stereocenters. The Morgan fingerprint density at radius 1 is 1.41 bits per heavy atom. The van der Waals surface area contributed by atoms with Gasteiger partial charge in [0.25, 0.3) is 0 Å². The molecule has 0 radical (unpaired) electrons. The predicted octanol–water partition coefficient (Wildman–Crippen LogP) is 3.17. The van der Waals surface area contributed by atoms with Crippen molar-refractivity contribution in [3.63, 3.8) is 0 Å². The van der Waals surface area contributed by atoms with Crippen molar-refractivity contribution >= 4 is 21.8 Å². The van der Waals surface area contributed by atoms with E-state index in [9.17, 15) is 4.79 Å². The number of halogens is 1. The first-order valence-electron chi connectivity index (χ1n) is 5.75. The van der Waals surface area contributed by atoms with Crippen LogP contribution in [-0.4, -0.2) is 28.7 Å². The maximum atomic E-state index is 12.1. The summed E-state index contributed by atoms with van der Waals surface area (Å²) in [5.41, 5.74) is 2.12. The van der Waals surface area contributed by atoms with Gasteiger partial charge in [0.05, 0.1) is 6.42 Å². The molecule has 0 saturated carbocycles. The van der Waals surface area contributed by atoms with Gasteiger partial charge in [0.1, 0.15) is 0 Å².